The first-order chi connectivity index (χ1) is 11.8. The molecule has 0 aliphatic carbocycles. The number of hydrogen-bond donors (Lipinski definition) is 0. The Morgan fingerprint density at radius 2 is 0.917 bits per heavy atom. The van der Waals surface area contributed by atoms with Crippen molar-refractivity contribution in [1.82, 2.24) is 0 Å². The Kier molecular flexibility index (Phi) is 13.9. The molecule has 2 heteroatoms. The highest BCUT2D eigenvalue weighted by atomic mass is 16.7. The van der Waals surface area contributed by atoms with Crippen molar-refractivity contribution in [2.45, 2.75) is 129 Å². The Morgan fingerprint density at radius 3 is 1.33 bits per heavy atom. The standard InChI is InChI=1S/C22H44O2/c1-3-5-7-9-11-12-14-16-19-22(23-20-17-21-24-22)18-15-13-10-8-6-4-2/h3-21H2,1-2H3. The minimum atomic E-state index is -0.231. The molecule has 0 aromatic rings. The molecule has 144 valence electrons. The molecule has 0 aromatic carbocycles. The van der Waals surface area contributed by atoms with Crippen LogP contribution < -0.4 is 0 Å². The van der Waals surface area contributed by atoms with Gasteiger partial charge in [-0.2, -0.15) is 0 Å². The molecule has 2 nitrogen and oxygen atoms in total. The molecule has 24 heavy (non-hydrogen) atoms. The zero-order valence-electron chi connectivity index (χ0n) is 16.8. The second-order valence-electron chi connectivity index (χ2n) is 7.70. The zero-order valence-corrected chi connectivity index (χ0v) is 16.8. The minimum Gasteiger partial charge on any atom is -0.350 e. The largest absolute Gasteiger partial charge is 0.350 e. The van der Waals surface area contributed by atoms with Gasteiger partial charge in [-0.25, -0.2) is 0 Å². The fourth-order valence-corrected chi connectivity index (χ4v) is 3.73. The van der Waals surface area contributed by atoms with Crippen molar-refractivity contribution in [2.24, 2.45) is 0 Å². The molecule has 0 unspecified atom stereocenters. The lowest BCUT2D eigenvalue weighted by atomic mass is 9.98. The third-order valence-corrected chi connectivity index (χ3v) is 5.34. The lowest BCUT2D eigenvalue weighted by Crippen LogP contribution is -2.40. The average Bonchev–Trinajstić information content (AvgIpc) is 2.61. The van der Waals surface area contributed by atoms with E-state index in [1.165, 1.54) is 89.9 Å². The molecule has 0 bridgehead atoms. The third-order valence-electron chi connectivity index (χ3n) is 5.34. The van der Waals surface area contributed by atoms with E-state index in [9.17, 15) is 0 Å². The Morgan fingerprint density at radius 1 is 0.542 bits per heavy atom. The summed E-state index contributed by atoms with van der Waals surface area (Å²) in [5.41, 5.74) is 0. The van der Waals surface area contributed by atoms with E-state index in [2.05, 4.69) is 13.8 Å². The fourth-order valence-electron chi connectivity index (χ4n) is 3.73. The quantitative estimate of drug-likeness (QED) is 0.272. The van der Waals surface area contributed by atoms with E-state index in [1.807, 2.05) is 0 Å². The molecule has 1 aliphatic rings. The normalized spacial score (nSPS) is 17.2. The van der Waals surface area contributed by atoms with Gasteiger partial charge < -0.3 is 9.47 Å². The minimum absolute atomic E-state index is 0.231. The molecule has 1 rings (SSSR count). The Labute approximate surface area is 152 Å². The Bertz CT molecular complexity index is 259. The highest BCUT2D eigenvalue weighted by molar-refractivity contribution is 4.73. The van der Waals surface area contributed by atoms with Crippen LogP contribution in [0, 0.1) is 0 Å². The van der Waals surface area contributed by atoms with Crippen LogP contribution in [0.2, 0.25) is 0 Å². The van der Waals surface area contributed by atoms with Gasteiger partial charge in [0.05, 0.1) is 13.2 Å². The topological polar surface area (TPSA) is 18.5 Å². The van der Waals surface area contributed by atoms with Gasteiger partial charge in [-0.05, 0) is 19.3 Å². The smallest absolute Gasteiger partial charge is 0.168 e. The molecule has 0 spiro atoms. The van der Waals surface area contributed by atoms with Crippen molar-refractivity contribution in [3.8, 4) is 0 Å². The summed E-state index contributed by atoms with van der Waals surface area (Å²) in [6.07, 6.45) is 22.4. The third kappa shape index (κ3) is 10.7. The van der Waals surface area contributed by atoms with E-state index in [-0.39, 0.29) is 5.79 Å². The first-order valence-corrected chi connectivity index (χ1v) is 11.1. The molecule has 0 amide bonds. The van der Waals surface area contributed by atoms with E-state index in [4.69, 9.17) is 9.47 Å². The molecule has 0 radical (unpaired) electrons. The molecule has 0 atom stereocenters. The summed E-state index contributed by atoms with van der Waals surface area (Å²) in [5.74, 6) is -0.231. The number of ether oxygens (including phenoxy) is 2. The van der Waals surface area contributed by atoms with Gasteiger partial charge in [0.25, 0.3) is 0 Å². The van der Waals surface area contributed by atoms with E-state index >= 15 is 0 Å². The maximum absolute atomic E-state index is 6.13. The van der Waals surface area contributed by atoms with Crippen molar-refractivity contribution in [2.75, 3.05) is 13.2 Å². The van der Waals surface area contributed by atoms with Crippen LogP contribution in [0.25, 0.3) is 0 Å². The van der Waals surface area contributed by atoms with Crippen molar-refractivity contribution in [3.63, 3.8) is 0 Å². The first kappa shape index (κ1) is 22.0. The van der Waals surface area contributed by atoms with Crippen molar-refractivity contribution < 1.29 is 9.47 Å². The van der Waals surface area contributed by atoms with Gasteiger partial charge in [-0.1, -0.05) is 90.9 Å². The number of unbranched alkanes of at least 4 members (excludes halogenated alkanes) is 12. The van der Waals surface area contributed by atoms with E-state index in [0.29, 0.717) is 0 Å². The van der Waals surface area contributed by atoms with Gasteiger partial charge in [0.1, 0.15) is 0 Å². The molecule has 1 fully saturated rings. The first-order valence-electron chi connectivity index (χ1n) is 11.1. The van der Waals surface area contributed by atoms with Gasteiger partial charge in [0, 0.05) is 12.8 Å². The van der Waals surface area contributed by atoms with Crippen LogP contribution in [0.1, 0.15) is 123 Å². The highest BCUT2D eigenvalue weighted by Gasteiger charge is 2.33. The van der Waals surface area contributed by atoms with Crippen LogP contribution in [-0.2, 0) is 9.47 Å². The van der Waals surface area contributed by atoms with Gasteiger partial charge in [0.15, 0.2) is 5.79 Å². The monoisotopic (exact) mass is 340 g/mol. The maximum Gasteiger partial charge on any atom is 0.168 e. The van der Waals surface area contributed by atoms with Crippen LogP contribution in [0.15, 0.2) is 0 Å². The van der Waals surface area contributed by atoms with Crippen molar-refractivity contribution in [1.29, 1.82) is 0 Å². The fraction of sp³-hybridized carbons (Fsp3) is 1.00. The van der Waals surface area contributed by atoms with Crippen LogP contribution in [-0.4, -0.2) is 19.0 Å². The van der Waals surface area contributed by atoms with Gasteiger partial charge in [0.2, 0.25) is 0 Å². The highest BCUT2D eigenvalue weighted by Crippen LogP contribution is 2.31. The summed E-state index contributed by atoms with van der Waals surface area (Å²) in [5, 5.41) is 0. The average molecular weight is 341 g/mol. The molecular weight excluding hydrogens is 296 g/mol. The molecule has 1 aliphatic heterocycles. The number of rotatable bonds is 16. The Balaban J connectivity index is 2.12. The van der Waals surface area contributed by atoms with Gasteiger partial charge in [-0.15, -0.1) is 0 Å². The number of hydrogen-bond acceptors (Lipinski definition) is 2. The van der Waals surface area contributed by atoms with Gasteiger partial charge >= 0.3 is 0 Å². The van der Waals surface area contributed by atoms with Crippen LogP contribution in [0.4, 0.5) is 0 Å². The zero-order chi connectivity index (χ0) is 17.3. The Hall–Kier alpha value is -0.0800. The van der Waals surface area contributed by atoms with Crippen LogP contribution >= 0.6 is 0 Å². The van der Waals surface area contributed by atoms with Crippen LogP contribution in [0.5, 0.6) is 0 Å². The summed E-state index contributed by atoms with van der Waals surface area (Å²) in [7, 11) is 0. The maximum atomic E-state index is 6.13. The SMILES string of the molecule is CCCCCCCCCCC1(CCCCCCCC)OCCCO1. The lowest BCUT2D eigenvalue weighted by Gasteiger charge is -2.37. The van der Waals surface area contributed by atoms with Crippen LogP contribution in [0.3, 0.4) is 0 Å². The van der Waals surface area contributed by atoms with Crippen molar-refractivity contribution in [3.05, 3.63) is 0 Å². The molecule has 1 heterocycles. The second-order valence-corrected chi connectivity index (χ2v) is 7.70. The predicted octanol–water partition coefficient (Wildman–Crippen LogP) is 7.40. The predicted molar refractivity (Wildman–Crippen MR) is 104 cm³/mol. The van der Waals surface area contributed by atoms with E-state index in [1.54, 1.807) is 0 Å². The molecular formula is C22H44O2. The van der Waals surface area contributed by atoms with Gasteiger partial charge in [-0.3, -0.25) is 0 Å². The van der Waals surface area contributed by atoms with E-state index in [0.717, 1.165) is 32.5 Å². The summed E-state index contributed by atoms with van der Waals surface area (Å²) in [6.45, 7) is 6.36. The second kappa shape index (κ2) is 15.2. The summed E-state index contributed by atoms with van der Waals surface area (Å²) >= 11 is 0. The summed E-state index contributed by atoms with van der Waals surface area (Å²) in [4.78, 5) is 0. The molecule has 0 N–H and O–H groups in total. The lowest BCUT2D eigenvalue weighted by molar-refractivity contribution is -0.274. The molecule has 0 aromatic heterocycles. The summed E-state index contributed by atoms with van der Waals surface area (Å²) in [6, 6.07) is 0. The van der Waals surface area contributed by atoms with Crippen molar-refractivity contribution >= 4 is 0 Å². The van der Waals surface area contributed by atoms with E-state index < -0.39 is 0 Å². The molecule has 0 saturated carbocycles. The summed E-state index contributed by atoms with van der Waals surface area (Å²) < 4.78 is 12.3. The molecule has 1 saturated heterocycles.